The van der Waals surface area contributed by atoms with Crippen molar-refractivity contribution in [3.8, 4) is 5.75 Å². The van der Waals surface area contributed by atoms with Gasteiger partial charge in [-0.3, -0.25) is 5.32 Å². The number of methoxy groups -OCH3 is 1. The number of aryl methyl sites for hydroxylation is 2. The fraction of sp³-hybridized carbons (Fsp3) is 0.280. The molecule has 0 aliphatic carbocycles. The van der Waals surface area contributed by atoms with Crippen LogP contribution in [0.5, 0.6) is 5.75 Å². The van der Waals surface area contributed by atoms with Gasteiger partial charge in [-0.25, -0.2) is 9.97 Å². The minimum Gasteiger partial charge on any atom is -0.495 e. The van der Waals surface area contributed by atoms with Crippen LogP contribution in [0, 0.1) is 13.8 Å². The number of para-hydroxylation sites is 2. The van der Waals surface area contributed by atoms with Crippen molar-refractivity contribution in [3.05, 3.63) is 71.0 Å². The highest BCUT2D eigenvalue weighted by molar-refractivity contribution is 7.80. The highest BCUT2D eigenvalue weighted by Gasteiger charge is 2.22. The third-order valence-electron chi connectivity index (χ3n) is 5.53. The van der Waals surface area contributed by atoms with E-state index in [-0.39, 0.29) is 0 Å². The Labute approximate surface area is 216 Å². The fourth-order valence-corrected chi connectivity index (χ4v) is 4.20. The summed E-state index contributed by atoms with van der Waals surface area (Å²) in [4.78, 5) is 18.2. The molecule has 35 heavy (non-hydrogen) atoms. The summed E-state index contributed by atoms with van der Waals surface area (Å²) >= 11 is 11.6. The number of thiocarbonyl (C=S) groups is 1. The first-order valence-electron chi connectivity index (χ1n) is 11.3. The van der Waals surface area contributed by atoms with Crippen molar-refractivity contribution in [1.82, 2.24) is 14.9 Å². The van der Waals surface area contributed by atoms with Gasteiger partial charge in [0.1, 0.15) is 5.75 Å². The highest BCUT2D eigenvalue weighted by Crippen LogP contribution is 2.23. The van der Waals surface area contributed by atoms with E-state index >= 15 is 0 Å². The number of piperazine rings is 1. The van der Waals surface area contributed by atoms with E-state index in [2.05, 4.69) is 30.4 Å². The van der Waals surface area contributed by atoms with Gasteiger partial charge >= 0.3 is 0 Å². The lowest BCUT2D eigenvalue weighted by atomic mass is 10.2. The molecular formula is C25H28ClN7OS. The number of ether oxygens (including phenoxy) is 1. The minimum absolute atomic E-state index is 0.307. The molecule has 10 heteroatoms. The Kier molecular flexibility index (Phi) is 7.99. The summed E-state index contributed by atoms with van der Waals surface area (Å²) in [5, 5.41) is 7.50. The Balaban J connectivity index is 1.54. The molecule has 2 aromatic carbocycles. The Morgan fingerprint density at radius 1 is 0.971 bits per heavy atom. The lowest BCUT2D eigenvalue weighted by molar-refractivity contribution is 0.385. The molecular weight excluding hydrogens is 482 g/mol. The zero-order chi connectivity index (χ0) is 24.8. The molecule has 1 aliphatic rings. The number of hydrogen-bond acceptors (Lipinski definition) is 5. The molecule has 0 saturated carbocycles. The van der Waals surface area contributed by atoms with Gasteiger partial charge in [0.05, 0.1) is 12.8 Å². The average molecular weight is 510 g/mol. The molecule has 0 unspecified atom stereocenters. The van der Waals surface area contributed by atoms with Crippen LogP contribution in [0.2, 0.25) is 5.02 Å². The van der Waals surface area contributed by atoms with Gasteiger partial charge in [-0.2, -0.15) is 4.99 Å². The molecule has 182 valence electrons. The van der Waals surface area contributed by atoms with E-state index < -0.39 is 0 Å². The number of rotatable bonds is 4. The first kappa shape index (κ1) is 24.7. The quantitative estimate of drug-likeness (QED) is 0.296. The summed E-state index contributed by atoms with van der Waals surface area (Å²) in [5.41, 5.74) is 3.65. The van der Waals surface area contributed by atoms with E-state index in [1.54, 1.807) is 7.11 Å². The Bertz CT molecular complexity index is 1190. The smallest absolute Gasteiger partial charge is 0.229 e. The predicted octanol–water partition coefficient (Wildman–Crippen LogP) is 4.74. The number of anilines is 3. The van der Waals surface area contributed by atoms with Crippen LogP contribution in [-0.2, 0) is 0 Å². The van der Waals surface area contributed by atoms with Crippen molar-refractivity contribution in [2.75, 3.05) is 48.8 Å². The largest absolute Gasteiger partial charge is 0.495 e. The lowest BCUT2D eigenvalue weighted by Gasteiger charge is -2.37. The van der Waals surface area contributed by atoms with Crippen LogP contribution in [-0.4, -0.2) is 59.2 Å². The number of aromatic nitrogens is 2. The van der Waals surface area contributed by atoms with E-state index in [1.165, 1.54) is 0 Å². The van der Waals surface area contributed by atoms with Gasteiger partial charge in [0.15, 0.2) is 0 Å². The second-order valence-corrected chi connectivity index (χ2v) is 8.94. The number of nitrogens with zero attached hydrogens (tertiary/aromatic N) is 5. The molecule has 1 aliphatic heterocycles. The van der Waals surface area contributed by atoms with Crippen LogP contribution in [0.25, 0.3) is 0 Å². The van der Waals surface area contributed by atoms with Crippen LogP contribution in [0.1, 0.15) is 11.4 Å². The van der Waals surface area contributed by atoms with E-state index in [0.29, 0.717) is 22.8 Å². The summed E-state index contributed by atoms with van der Waals surface area (Å²) in [6.07, 6.45) is 0. The summed E-state index contributed by atoms with van der Waals surface area (Å²) < 4.78 is 5.42. The fourth-order valence-electron chi connectivity index (χ4n) is 3.88. The molecule has 1 aromatic heterocycles. The zero-order valence-corrected chi connectivity index (χ0v) is 21.5. The number of aliphatic imine (C=N–C) groups is 1. The molecule has 1 fully saturated rings. The molecule has 0 spiro atoms. The van der Waals surface area contributed by atoms with Gasteiger partial charge in [-0.15, -0.1) is 0 Å². The summed E-state index contributed by atoms with van der Waals surface area (Å²) in [5.74, 6) is 1.77. The molecule has 0 amide bonds. The van der Waals surface area contributed by atoms with Crippen LogP contribution in [0.3, 0.4) is 0 Å². The first-order valence-corrected chi connectivity index (χ1v) is 12.1. The van der Waals surface area contributed by atoms with Crippen molar-refractivity contribution >= 4 is 52.2 Å². The highest BCUT2D eigenvalue weighted by atomic mass is 35.5. The second kappa shape index (κ2) is 11.3. The van der Waals surface area contributed by atoms with Gasteiger partial charge < -0.3 is 19.9 Å². The van der Waals surface area contributed by atoms with E-state index in [4.69, 9.17) is 33.5 Å². The molecule has 2 N–H and O–H groups in total. The van der Waals surface area contributed by atoms with Gasteiger partial charge in [0, 0.05) is 48.3 Å². The number of nitrogens with one attached hydrogen (secondary N) is 2. The van der Waals surface area contributed by atoms with Crippen LogP contribution in [0.15, 0.2) is 59.6 Å². The van der Waals surface area contributed by atoms with Crippen LogP contribution in [0.4, 0.5) is 17.3 Å². The van der Waals surface area contributed by atoms with Crippen molar-refractivity contribution < 1.29 is 4.74 Å². The van der Waals surface area contributed by atoms with E-state index in [0.717, 1.165) is 54.0 Å². The Hall–Kier alpha value is -3.43. The third kappa shape index (κ3) is 6.58. The maximum Gasteiger partial charge on any atom is 0.229 e. The molecule has 3 aromatic rings. The number of halogens is 1. The first-order chi connectivity index (χ1) is 16.9. The Morgan fingerprint density at radius 2 is 1.63 bits per heavy atom. The molecule has 0 atom stereocenters. The van der Waals surface area contributed by atoms with E-state index in [1.807, 2.05) is 68.4 Å². The second-order valence-electron chi connectivity index (χ2n) is 8.12. The van der Waals surface area contributed by atoms with E-state index in [9.17, 15) is 0 Å². The minimum atomic E-state index is 0.307. The maximum absolute atomic E-state index is 6.05. The molecule has 8 nitrogen and oxygen atoms in total. The molecule has 4 rings (SSSR count). The van der Waals surface area contributed by atoms with Gasteiger partial charge in [-0.1, -0.05) is 23.7 Å². The molecule has 2 heterocycles. The van der Waals surface area contributed by atoms with Crippen LogP contribution >= 0.6 is 23.8 Å². The standard InChI is InChI=1S/C25H28ClN7OS/c1-17-16-18(2)28-23(27-17)30-24(31-25(35)29-21-6-4-5-7-22(21)34-3)33-14-12-32(13-15-33)20-10-8-19(26)9-11-20/h4-11,16H,12-15H2,1-3H3,(H2,27,28,29,30,31,35). The summed E-state index contributed by atoms with van der Waals surface area (Å²) in [7, 11) is 1.62. The Morgan fingerprint density at radius 3 is 2.29 bits per heavy atom. The van der Waals surface area contributed by atoms with Crippen molar-refractivity contribution in [1.29, 1.82) is 0 Å². The average Bonchev–Trinajstić information content (AvgIpc) is 2.84. The SMILES string of the molecule is COc1ccccc1NC(=S)/N=C(/Nc1nc(C)cc(C)n1)N1CCN(c2ccc(Cl)cc2)CC1. The van der Waals surface area contributed by atoms with Gasteiger partial charge in [0.2, 0.25) is 17.0 Å². The summed E-state index contributed by atoms with van der Waals surface area (Å²) in [6, 6.07) is 17.4. The van der Waals surface area contributed by atoms with Crippen molar-refractivity contribution in [2.45, 2.75) is 13.8 Å². The maximum atomic E-state index is 6.05. The monoisotopic (exact) mass is 509 g/mol. The lowest BCUT2D eigenvalue weighted by Crippen LogP contribution is -2.51. The number of benzene rings is 2. The van der Waals surface area contributed by atoms with Crippen molar-refractivity contribution in [2.24, 2.45) is 4.99 Å². The zero-order valence-electron chi connectivity index (χ0n) is 20.0. The third-order valence-corrected chi connectivity index (χ3v) is 5.98. The van der Waals surface area contributed by atoms with Gasteiger partial charge in [0.25, 0.3) is 0 Å². The van der Waals surface area contributed by atoms with Gasteiger partial charge in [-0.05, 0) is 68.5 Å². The predicted molar refractivity (Wildman–Crippen MR) is 147 cm³/mol. The molecule has 0 bridgehead atoms. The molecule has 0 radical (unpaired) electrons. The summed E-state index contributed by atoms with van der Waals surface area (Å²) in [6.45, 7) is 7.02. The van der Waals surface area contributed by atoms with Crippen molar-refractivity contribution in [3.63, 3.8) is 0 Å². The van der Waals surface area contributed by atoms with Crippen LogP contribution < -0.4 is 20.3 Å². The molecule has 1 saturated heterocycles. The topological polar surface area (TPSA) is 77.9 Å². The number of hydrogen-bond donors (Lipinski definition) is 2. The number of guanidine groups is 1. The normalized spacial score (nSPS) is 14.0.